The van der Waals surface area contributed by atoms with E-state index in [-0.39, 0.29) is 24.0 Å². The average Bonchev–Trinajstić information content (AvgIpc) is 3.21. The molecule has 3 N–H and O–H groups in total. The highest BCUT2D eigenvalue weighted by atomic mass is 79.9. The zero-order chi connectivity index (χ0) is 16.9. The molecule has 2 heterocycles. The number of hydrogen-bond donors (Lipinski definition) is 3. The zero-order valence-electron chi connectivity index (χ0n) is 12.2. The van der Waals surface area contributed by atoms with E-state index in [2.05, 4.69) is 41.7 Å². The van der Waals surface area contributed by atoms with Crippen molar-refractivity contribution in [1.29, 1.82) is 0 Å². The van der Waals surface area contributed by atoms with Gasteiger partial charge in [0.2, 0.25) is 11.9 Å². The highest BCUT2D eigenvalue weighted by Crippen LogP contribution is 2.16. The summed E-state index contributed by atoms with van der Waals surface area (Å²) in [4.78, 5) is 27.6. The summed E-state index contributed by atoms with van der Waals surface area (Å²) in [5, 5.41) is 11.5. The van der Waals surface area contributed by atoms with Gasteiger partial charge in [-0.15, -0.1) is 0 Å². The molecule has 3 aromatic rings. The monoisotopic (exact) mass is 389 g/mol. The van der Waals surface area contributed by atoms with Crippen LogP contribution < -0.4 is 10.6 Å². The molecule has 0 unspecified atom stereocenters. The van der Waals surface area contributed by atoms with Crippen LogP contribution >= 0.6 is 15.9 Å². The summed E-state index contributed by atoms with van der Waals surface area (Å²) in [6.45, 7) is 0. The Morgan fingerprint density at radius 1 is 1.12 bits per heavy atom. The van der Waals surface area contributed by atoms with Crippen LogP contribution in [0.4, 0.5) is 11.6 Å². The maximum absolute atomic E-state index is 12.0. The van der Waals surface area contributed by atoms with Crippen LogP contribution in [0.1, 0.15) is 16.1 Å². The molecule has 0 bridgehead atoms. The highest BCUT2D eigenvalue weighted by molar-refractivity contribution is 9.10. The number of hydrogen-bond acceptors (Lipinski definition) is 5. The molecule has 2 aromatic heterocycles. The Morgan fingerprint density at radius 3 is 2.54 bits per heavy atom. The van der Waals surface area contributed by atoms with Gasteiger partial charge in [0, 0.05) is 5.69 Å². The minimum atomic E-state index is -0.350. The molecule has 0 saturated heterocycles. The number of carbonyl (C=O) groups excluding carboxylic acids is 2. The molecule has 0 radical (unpaired) electrons. The topological polar surface area (TPSA) is 113 Å². The molecule has 122 valence electrons. The number of carbonyl (C=O) groups is 2. The lowest BCUT2D eigenvalue weighted by Crippen LogP contribution is -2.15. The molecule has 3 rings (SSSR count). The van der Waals surface area contributed by atoms with Crippen LogP contribution in [-0.2, 0) is 11.2 Å². The first-order valence-corrected chi connectivity index (χ1v) is 7.70. The number of nitrogens with zero attached hydrogens (tertiary/aromatic N) is 2. The minimum absolute atomic E-state index is 0.181. The molecule has 0 fully saturated rings. The van der Waals surface area contributed by atoms with Crippen LogP contribution in [0.3, 0.4) is 0 Å². The Kier molecular flexibility index (Phi) is 4.71. The van der Waals surface area contributed by atoms with E-state index >= 15 is 0 Å². The second-order valence-corrected chi connectivity index (χ2v) is 5.60. The molecule has 0 aliphatic heterocycles. The number of aromatic amines is 1. The van der Waals surface area contributed by atoms with Crippen molar-refractivity contribution in [2.24, 2.45) is 0 Å². The van der Waals surface area contributed by atoms with Gasteiger partial charge in [0.1, 0.15) is 6.33 Å². The molecule has 0 atom stereocenters. The Morgan fingerprint density at radius 2 is 1.92 bits per heavy atom. The number of anilines is 2. The van der Waals surface area contributed by atoms with Crippen LogP contribution in [0, 0.1) is 0 Å². The van der Waals surface area contributed by atoms with Gasteiger partial charge in [-0.1, -0.05) is 12.1 Å². The van der Waals surface area contributed by atoms with Crippen molar-refractivity contribution < 1.29 is 14.0 Å². The van der Waals surface area contributed by atoms with E-state index < -0.39 is 0 Å². The third-order valence-electron chi connectivity index (χ3n) is 3.05. The lowest BCUT2D eigenvalue weighted by Gasteiger charge is -2.05. The van der Waals surface area contributed by atoms with E-state index in [1.165, 1.54) is 6.33 Å². The molecule has 0 saturated carbocycles. The summed E-state index contributed by atoms with van der Waals surface area (Å²) in [5.41, 5.74) is 1.40. The molecular formula is C15H12BrN5O3. The van der Waals surface area contributed by atoms with Crippen LogP contribution in [0.2, 0.25) is 0 Å². The molecule has 0 aliphatic carbocycles. The molecule has 9 heteroatoms. The molecule has 2 amide bonds. The first-order valence-electron chi connectivity index (χ1n) is 6.91. The zero-order valence-corrected chi connectivity index (χ0v) is 13.8. The number of aromatic nitrogens is 3. The quantitative estimate of drug-likeness (QED) is 0.620. The summed E-state index contributed by atoms with van der Waals surface area (Å²) in [6, 6.07) is 10.2. The molecule has 0 aliphatic rings. The lowest BCUT2D eigenvalue weighted by molar-refractivity contribution is -0.115. The Balaban J connectivity index is 1.57. The summed E-state index contributed by atoms with van der Waals surface area (Å²) < 4.78 is 5.67. The maximum Gasteiger partial charge on any atom is 0.291 e. The molecule has 1 aromatic carbocycles. The van der Waals surface area contributed by atoms with Crippen LogP contribution in [-0.4, -0.2) is 27.0 Å². The van der Waals surface area contributed by atoms with E-state index in [1.807, 2.05) is 0 Å². The molecular weight excluding hydrogens is 378 g/mol. The molecule has 24 heavy (non-hydrogen) atoms. The molecule has 8 nitrogen and oxygen atoms in total. The first-order chi connectivity index (χ1) is 11.6. The van der Waals surface area contributed by atoms with Gasteiger partial charge < -0.3 is 9.73 Å². The fourth-order valence-electron chi connectivity index (χ4n) is 1.96. The summed E-state index contributed by atoms with van der Waals surface area (Å²) >= 11 is 3.14. The van der Waals surface area contributed by atoms with Crippen LogP contribution in [0.5, 0.6) is 0 Å². The van der Waals surface area contributed by atoms with Gasteiger partial charge in [0.25, 0.3) is 5.91 Å². The second-order valence-electron chi connectivity index (χ2n) is 4.81. The summed E-state index contributed by atoms with van der Waals surface area (Å²) in [5.74, 6) is -0.0636. The summed E-state index contributed by atoms with van der Waals surface area (Å²) in [6.07, 6.45) is 1.49. The second kappa shape index (κ2) is 7.09. The van der Waals surface area contributed by atoms with Crippen molar-refractivity contribution in [2.75, 3.05) is 10.6 Å². The van der Waals surface area contributed by atoms with Gasteiger partial charge in [-0.2, -0.15) is 10.1 Å². The third-order valence-corrected chi connectivity index (χ3v) is 3.47. The fourth-order valence-corrected chi connectivity index (χ4v) is 2.27. The van der Waals surface area contributed by atoms with Crippen LogP contribution in [0.25, 0.3) is 0 Å². The van der Waals surface area contributed by atoms with Gasteiger partial charge in [-0.25, -0.2) is 5.10 Å². The third kappa shape index (κ3) is 4.07. The minimum Gasteiger partial charge on any atom is -0.444 e. The lowest BCUT2D eigenvalue weighted by atomic mass is 10.1. The van der Waals surface area contributed by atoms with E-state index in [4.69, 9.17) is 4.42 Å². The SMILES string of the molecule is O=C(Cc1ccc(NC(=O)c2ccc(Br)o2)cc1)Nc1ncn[nH]1. The number of amides is 2. The number of H-pyrrole nitrogens is 1. The van der Waals surface area contributed by atoms with Crippen molar-refractivity contribution in [3.05, 3.63) is 58.7 Å². The van der Waals surface area contributed by atoms with E-state index in [1.54, 1.807) is 36.4 Å². The largest absolute Gasteiger partial charge is 0.444 e. The number of furan rings is 1. The number of halogens is 1. The van der Waals surface area contributed by atoms with Crippen molar-refractivity contribution in [1.82, 2.24) is 15.2 Å². The van der Waals surface area contributed by atoms with Gasteiger partial charge in [0.15, 0.2) is 10.4 Å². The predicted molar refractivity (Wildman–Crippen MR) is 89.5 cm³/mol. The van der Waals surface area contributed by atoms with Crippen molar-refractivity contribution >= 4 is 39.4 Å². The molecule has 0 spiro atoms. The Hall–Kier alpha value is -2.94. The van der Waals surface area contributed by atoms with E-state index in [0.29, 0.717) is 16.3 Å². The number of benzene rings is 1. The normalized spacial score (nSPS) is 10.4. The Bertz CT molecular complexity index is 842. The van der Waals surface area contributed by atoms with Crippen molar-refractivity contribution in [2.45, 2.75) is 6.42 Å². The van der Waals surface area contributed by atoms with E-state index in [0.717, 1.165) is 5.56 Å². The first kappa shape index (κ1) is 15.9. The Labute approximate surface area is 144 Å². The van der Waals surface area contributed by atoms with E-state index in [9.17, 15) is 9.59 Å². The van der Waals surface area contributed by atoms with Crippen molar-refractivity contribution in [3.63, 3.8) is 0 Å². The highest BCUT2D eigenvalue weighted by Gasteiger charge is 2.11. The van der Waals surface area contributed by atoms with Gasteiger partial charge in [-0.05, 0) is 45.8 Å². The number of rotatable bonds is 5. The smallest absolute Gasteiger partial charge is 0.291 e. The standard InChI is InChI=1S/C15H12BrN5O3/c16-12-6-5-11(24-12)14(23)19-10-3-1-9(2-4-10)7-13(22)20-15-17-8-18-21-15/h1-6,8H,7H2,(H,19,23)(H2,17,18,20,21,22). The predicted octanol–water partition coefficient (Wildman–Crippen LogP) is 2.59. The summed E-state index contributed by atoms with van der Waals surface area (Å²) in [7, 11) is 0. The van der Waals surface area contributed by atoms with Gasteiger partial charge >= 0.3 is 0 Å². The van der Waals surface area contributed by atoms with Gasteiger partial charge in [0.05, 0.1) is 6.42 Å². The number of nitrogens with one attached hydrogen (secondary N) is 3. The average molecular weight is 390 g/mol. The fraction of sp³-hybridized carbons (Fsp3) is 0.0667. The van der Waals surface area contributed by atoms with Gasteiger partial charge in [-0.3, -0.25) is 14.9 Å². The maximum atomic E-state index is 12.0. The van der Waals surface area contributed by atoms with Crippen molar-refractivity contribution in [3.8, 4) is 0 Å². The van der Waals surface area contributed by atoms with Crippen LogP contribution in [0.15, 0.2) is 51.8 Å².